The summed E-state index contributed by atoms with van der Waals surface area (Å²) >= 11 is 6.01. The molecule has 6 heteroatoms. The Morgan fingerprint density at radius 1 is 1.00 bits per heavy atom. The molecule has 1 heterocycles. The quantitative estimate of drug-likeness (QED) is 0.895. The summed E-state index contributed by atoms with van der Waals surface area (Å²) in [6.45, 7) is 3.23. The highest BCUT2D eigenvalue weighted by Crippen LogP contribution is 2.27. The molecule has 3 rings (SSSR count). The summed E-state index contributed by atoms with van der Waals surface area (Å²) in [4.78, 5) is 19.0. The molecule has 1 N–H and O–H groups in total. The lowest BCUT2D eigenvalue weighted by atomic mass is 10.0. The molecule has 1 saturated heterocycles. The third-order valence-corrected chi connectivity index (χ3v) is 5.01. The Morgan fingerprint density at radius 2 is 1.58 bits per heavy atom. The molecule has 1 aliphatic heterocycles. The van der Waals surface area contributed by atoms with E-state index in [1.165, 1.54) is 0 Å². The van der Waals surface area contributed by atoms with Gasteiger partial charge in [0.25, 0.3) is 0 Å². The van der Waals surface area contributed by atoms with Gasteiger partial charge in [0, 0.05) is 51.0 Å². The fourth-order valence-corrected chi connectivity index (χ4v) is 3.43. The van der Waals surface area contributed by atoms with E-state index in [1.54, 1.807) is 31.1 Å². The Morgan fingerprint density at radius 3 is 2.12 bits per heavy atom. The first-order valence-corrected chi connectivity index (χ1v) is 9.08. The predicted octanol–water partition coefficient (Wildman–Crippen LogP) is 3.00. The van der Waals surface area contributed by atoms with Gasteiger partial charge >= 0.3 is 0 Å². The standard InChI is InChI=1S/C20H24ClN3O2/c1-22(2)20(26)19(15-3-5-16(21)6-4-15)24-13-11-23(12-14-24)17-7-9-18(25)10-8-17/h3-10,19,25H,11-14H2,1-2H3. The van der Waals surface area contributed by atoms with Crippen molar-refractivity contribution in [1.82, 2.24) is 9.80 Å². The minimum absolute atomic E-state index is 0.0744. The average Bonchev–Trinajstić information content (AvgIpc) is 2.64. The number of phenolic OH excluding ortho intramolecular Hbond substituents is 1. The second-order valence-electron chi connectivity index (χ2n) is 6.73. The smallest absolute Gasteiger partial charge is 0.244 e. The highest BCUT2D eigenvalue weighted by Gasteiger charge is 2.31. The van der Waals surface area contributed by atoms with E-state index < -0.39 is 0 Å². The van der Waals surface area contributed by atoms with E-state index in [-0.39, 0.29) is 17.7 Å². The van der Waals surface area contributed by atoms with Crippen LogP contribution in [0.4, 0.5) is 5.69 Å². The molecule has 0 spiro atoms. The zero-order chi connectivity index (χ0) is 18.7. The number of halogens is 1. The van der Waals surface area contributed by atoms with Crippen molar-refractivity contribution >= 4 is 23.2 Å². The highest BCUT2D eigenvalue weighted by atomic mass is 35.5. The minimum atomic E-state index is -0.302. The topological polar surface area (TPSA) is 47.0 Å². The van der Waals surface area contributed by atoms with Crippen LogP contribution in [0.1, 0.15) is 11.6 Å². The molecule has 1 fully saturated rings. The molecule has 2 aromatic rings. The van der Waals surface area contributed by atoms with Crippen LogP contribution in [0.2, 0.25) is 5.02 Å². The van der Waals surface area contributed by atoms with Crippen molar-refractivity contribution in [2.24, 2.45) is 0 Å². The van der Waals surface area contributed by atoms with E-state index in [0.29, 0.717) is 5.02 Å². The van der Waals surface area contributed by atoms with Gasteiger partial charge in [-0.1, -0.05) is 23.7 Å². The first-order valence-electron chi connectivity index (χ1n) is 8.70. The Labute approximate surface area is 159 Å². The molecule has 1 atom stereocenters. The maximum absolute atomic E-state index is 12.8. The number of hydrogen-bond donors (Lipinski definition) is 1. The third kappa shape index (κ3) is 4.11. The van der Waals surface area contributed by atoms with Crippen LogP contribution < -0.4 is 4.90 Å². The number of likely N-dealkylation sites (N-methyl/N-ethyl adjacent to an activating group) is 1. The Kier molecular flexibility index (Phi) is 5.69. The van der Waals surface area contributed by atoms with Crippen LogP contribution in [-0.2, 0) is 4.79 Å². The summed E-state index contributed by atoms with van der Waals surface area (Å²) in [5, 5.41) is 10.1. The van der Waals surface area contributed by atoms with Gasteiger partial charge < -0.3 is 14.9 Å². The molecular formula is C20H24ClN3O2. The Balaban J connectivity index is 1.75. The van der Waals surface area contributed by atoms with Gasteiger partial charge in [-0.05, 0) is 42.0 Å². The van der Waals surface area contributed by atoms with Gasteiger partial charge in [0.1, 0.15) is 11.8 Å². The van der Waals surface area contributed by atoms with Gasteiger partial charge in [0.2, 0.25) is 5.91 Å². The molecule has 0 bridgehead atoms. The van der Waals surface area contributed by atoms with Gasteiger partial charge in [-0.2, -0.15) is 0 Å². The van der Waals surface area contributed by atoms with Crippen molar-refractivity contribution in [2.45, 2.75) is 6.04 Å². The van der Waals surface area contributed by atoms with Crippen molar-refractivity contribution in [3.05, 3.63) is 59.1 Å². The molecule has 26 heavy (non-hydrogen) atoms. The molecule has 0 saturated carbocycles. The van der Waals surface area contributed by atoms with Crippen LogP contribution in [0.15, 0.2) is 48.5 Å². The highest BCUT2D eigenvalue weighted by molar-refractivity contribution is 6.30. The molecule has 0 aromatic heterocycles. The molecule has 138 valence electrons. The van der Waals surface area contributed by atoms with Crippen LogP contribution >= 0.6 is 11.6 Å². The number of hydrogen-bond acceptors (Lipinski definition) is 4. The first kappa shape index (κ1) is 18.5. The lowest BCUT2D eigenvalue weighted by Crippen LogP contribution is -2.51. The zero-order valence-corrected chi connectivity index (χ0v) is 15.9. The summed E-state index contributed by atoms with van der Waals surface area (Å²) in [6.07, 6.45) is 0. The summed E-state index contributed by atoms with van der Waals surface area (Å²) in [7, 11) is 3.58. The van der Waals surface area contributed by atoms with E-state index in [1.807, 2.05) is 36.4 Å². The SMILES string of the molecule is CN(C)C(=O)C(c1ccc(Cl)cc1)N1CCN(c2ccc(O)cc2)CC1. The van der Waals surface area contributed by atoms with Crippen molar-refractivity contribution in [3.8, 4) is 5.75 Å². The maximum atomic E-state index is 12.8. The summed E-state index contributed by atoms with van der Waals surface area (Å²) in [6, 6.07) is 14.5. The number of piperazine rings is 1. The molecule has 0 radical (unpaired) electrons. The number of carbonyl (C=O) groups is 1. The predicted molar refractivity (Wildman–Crippen MR) is 105 cm³/mol. The number of benzene rings is 2. The van der Waals surface area contributed by atoms with Crippen LogP contribution in [0.5, 0.6) is 5.75 Å². The van der Waals surface area contributed by atoms with E-state index in [9.17, 15) is 9.90 Å². The Hall–Kier alpha value is -2.24. The summed E-state index contributed by atoms with van der Waals surface area (Å²) in [5.74, 6) is 0.345. The van der Waals surface area contributed by atoms with Gasteiger partial charge in [-0.25, -0.2) is 0 Å². The molecule has 0 aliphatic carbocycles. The number of carbonyl (C=O) groups excluding carboxylic acids is 1. The van der Waals surface area contributed by atoms with Gasteiger partial charge in [-0.3, -0.25) is 9.69 Å². The molecule has 2 aromatic carbocycles. The normalized spacial score (nSPS) is 16.3. The largest absolute Gasteiger partial charge is 0.508 e. The van der Waals surface area contributed by atoms with Crippen molar-refractivity contribution < 1.29 is 9.90 Å². The van der Waals surface area contributed by atoms with Gasteiger partial charge in [0.15, 0.2) is 0 Å². The van der Waals surface area contributed by atoms with Gasteiger partial charge in [-0.15, -0.1) is 0 Å². The fraction of sp³-hybridized carbons (Fsp3) is 0.350. The van der Waals surface area contributed by atoms with E-state index in [2.05, 4.69) is 9.80 Å². The number of amides is 1. The van der Waals surface area contributed by atoms with E-state index in [0.717, 1.165) is 37.4 Å². The lowest BCUT2D eigenvalue weighted by Gasteiger charge is -2.40. The molecule has 1 unspecified atom stereocenters. The zero-order valence-electron chi connectivity index (χ0n) is 15.1. The van der Waals surface area contributed by atoms with Crippen LogP contribution in [0.3, 0.4) is 0 Å². The number of rotatable bonds is 4. The number of phenols is 1. The molecule has 1 aliphatic rings. The Bertz CT molecular complexity index is 739. The second kappa shape index (κ2) is 7.98. The van der Waals surface area contributed by atoms with Crippen molar-refractivity contribution in [2.75, 3.05) is 45.2 Å². The number of anilines is 1. The summed E-state index contributed by atoms with van der Waals surface area (Å²) in [5.41, 5.74) is 2.05. The van der Waals surface area contributed by atoms with E-state index >= 15 is 0 Å². The van der Waals surface area contributed by atoms with Crippen LogP contribution in [-0.4, -0.2) is 61.1 Å². The molecular weight excluding hydrogens is 350 g/mol. The van der Waals surface area contributed by atoms with E-state index in [4.69, 9.17) is 11.6 Å². The number of nitrogens with zero attached hydrogens (tertiary/aromatic N) is 3. The number of aromatic hydroxyl groups is 1. The van der Waals surface area contributed by atoms with Gasteiger partial charge in [0.05, 0.1) is 0 Å². The van der Waals surface area contributed by atoms with Crippen LogP contribution in [0.25, 0.3) is 0 Å². The monoisotopic (exact) mass is 373 g/mol. The lowest BCUT2D eigenvalue weighted by molar-refractivity contribution is -0.134. The fourth-order valence-electron chi connectivity index (χ4n) is 3.30. The molecule has 5 nitrogen and oxygen atoms in total. The first-order chi connectivity index (χ1) is 12.5. The average molecular weight is 374 g/mol. The van der Waals surface area contributed by atoms with Crippen LogP contribution in [0, 0.1) is 0 Å². The maximum Gasteiger partial charge on any atom is 0.244 e. The molecule has 1 amide bonds. The minimum Gasteiger partial charge on any atom is -0.508 e. The van der Waals surface area contributed by atoms with Crippen molar-refractivity contribution in [3.63, 3.8) is 0 Å². The van der Waals surface area contributed by atoms with Crippen molar-refractivity contribution in [1.29, 1.82) is 0 Å². The third-order valence-electron chi connectivity index (χ3n) is 4.75. The summed E-state index contributed by atoms with van der Waals surface area (Å²) < 4.78 is 0. The second-order valence-corrected chi connectivity index (χ2v) is 7.16.